The zero-order valence-electron chi connectivity index (χ0n) is 12.7. The van der Waals surface area contributed by atoms with E-state index in [1.807, 2.05) is 36.4 Å². The van der Waals surface area contributed by atoms with Crippen LogP contribution in [0.4, 0.5) is 0 Å². The first-order valence-corrected chi connectivity index (χ1v) is 7.64. The Balaban J connectivity index is 1.94. The quantitative estimate of drug-likeness (QED) is 0.668. The molecule has 0 aliphatic rings. The molecule has 3 nitrogen and oxygen atoms in total. The lowest BCUT2D eigenvalue weighted by Gasteiger charge is -2.10. The SMILES string of the molecule is CCn1cc(COc2ccccc2OC)c2c(Cl)cccc21. The Hall–Kier alpha value is -2.13. The van der Waals surface area contributed by atoms with Crippen LogP contribution in [0.1, 0.15) is 12.5 Å². The number of hydrogen-bond donors (Lipinski definition) is 0. The van der Waals surface area contributed by atoms with Gasteiger partial charge < -0.3 is 14.0 Å². The van der Waals surface area contributed by atoms with Gasteiger partial charge in [-0.25, -0.2) is 0 Å². The van der Waals surface area contributed by atoms with Crippen LogP contribution < -0.4 is 9.47 Å². The maximum absolute atomic E-state index is 6.38. The summed E-state index contributed by atoms with van der Waals surface area (Å²) in [5, 5.41) is 1.81. The summed E-state index contributed by atoms with van der Waals surface area (Å²) in [5.74, 6) is 1.46. The number of nitrogens with zero attached hydrogens (tertiary/aromatic N) is 1. The Kier molecular flexibility index (Phi) is 4.25. The number of rotatable bonds is 5. The predicted molar refractivity (Wildman–Crippen MR) is 89.9 cm³/mol. The van der Waals surface area contributed by atoms with Crippen molar-refractivity contribution in [2.24, 2.45) is 0 Å². The molecule has 22 heavy (non-hydrogen) atoms. The van der Waals surface area contributed by atoms with Crippen molar-refractivity contribution in [1.29, 1.82) is 0 Å². The van der Waals surface area contributed by atoms with Gasteiger partial charge in [0.1, 0.15) is 6.61 Å². The minimum atomic E-state index is 0.452. The van der Waals surface area contributed by atoms with E-state index < -0.39 is 0 Å². The van der Waals surface area contributed by atoms with Crippen molar-refractivity contribution >= 4 is 22.5 Å². The Morgan fingerprint density at radius 2 is 1.82 bits per heavy atom. The molecule has 0 unspecified atom stereocenters. The van der Waals surface area contributed by atoms with Crippen molar-refractivity contribution in [2.75, 3.05) is 7.11 Å². The highest BCUT2D eigenvalue weighted by molar-refractivity contribution is 6.35. The van der Waals surface area contributed by atoms with E-state index in [1.54, 1.807) is 7.11 Å². The van der Waals surface area contributed by atoms with Crippen LogP contribution in [0.25, 0.3) is 10.9 Å². The van der Waals surface area contributed by atoms with Gasteiger partial charge in [-0.05, 0) is 31.2 Å². The molecule has 0 radical (unpaired) electrons. The molecular formula is C18H18ClNO2. The zero-order chi connectivity index (χ0) is 15.5. The van der Waals surface area contributed by atoms with Crippen molar-refractivity contribution < 1.29 is 9.47 Å². The Morgan fingerprint density at radius 1 is 1.05 bits per heavy atom. The monoisotopic (exact) mass is 315 g/mol. The number of fused-ring (bicyclic) bond motifs is 1. The first kappa shape index (κ1) is 14.8. The number of ether oxygens (including phenoxy) is 2. The molecule has 0 aliphatic carbocycles. The molecule has 0 atom stereocenters. The second-order valence-electron chi connectivity index (χ2n) is 5.01. The van der Waals surface area contributed by atoms with Crippen LogP contribution in [0.3, 0.4) is 0 Å². The summed E-state index contributed by atoms with van der Waals surface area (Å²) in [4.78, 5) is 0. The Bertz CT molecular complexity index is 795. The fourth-order valence-electron chi connectivity index (χ4n) is 2.66. The number of aryl methyl sites for hydroxylation is 1. The van der Waals surface area contributed by atoms with Crippen LogP contribution in [0.5, 0.6) is 11.5 Å². The number of hydrogen-bond acceptors (Lipinski definition) is 2. The van der Waals surface area contributed by atoms with Gasteiger partial charge in [0, 0.05) is 29.2 Å². The molecule has 1 aromatic heterocycles. The van der Waals surface area contributed by atoms with Crippen LogP contribution in [0.2, 0.25) is 5.02 Å². The van der Waals surface area contributed by atoms with Gasteiger partial charge in [-0.2, -0.15) is 0 Å². The third-order valence-electron chi connectivity index (χ3n) is 3.73. The van der Waals surface area contributed by atoms with E-state index in [2.05, 4.69) is 23.8 Å². The number of halogens is 1. The summed E-state index contributed by atoms with van der Waals surface area (Å²) in [7, 11) is 1.64. The zero-order valence-corrected chi connectivity index (χ0v) is 13.4. The number of para-hydroxylation sites is 2. The van der Waals surface area contributed by atoms with E-state index in [4.69, 9.17) is 21.1 Å². The highest BCUT2D eigenvalue weighted by atomic mass is 35.5. The fraction of sp³-hybridized carbons (Fsp3) is 0.222. The molecule has 3 aromatic rings. The van der Waals surface area contributed by atoms with Gasteiger partial charge in [-0.15, -0.1) is 0 Å². The molecule has 0 aliphatic heterocycles. The summed E-state index contributed by atoms with van der Waals surface area (Å²) in [6.07, 6.45) is 2.10. The summed E-state index contributed by atoms with van der Waals surface area (Å²) in [5.41, 5.74) is 2.21. The topological polar surface area (TPSA) is 23.4 Å². The molecule has 3 rings (SSSR count). The lowest BCUT2D eigenvalue weighted by Crippen LogP contribution is -1.97. The van der Waals surface area contributed by atoms with E-state index in [0.29, 0.717) is 6.61 Å². The smallest absolute Gasteiger partial charge is 0.161 e. The van der Waals surface area contributed by atoms with Gasteiger partial charge in [0.25, 0.3) is 0 Å². The summed E-state index contributed by atoms with van der Waals surface area (Å²) < 4.78 is 13.4. The second-order valence-corrected chi connectivity index (χ2v) is 5.42. The minimum absolute atomic E-state index is 0.452. The number of aromatic nitrogens is 1. The predicted octanol–water partition coefficient (Wildman–Crippen LogP) is 4.90. The van der Waals surface area contributed by atoms with E-state index in [0.717, 1.165) is 39.5 Å². The third kappa shape index (κ3) is 2.64. The molecule has 0 saturated carbocycles. The van der Waals surface area contributed by atoms with E-state index >= 15 is 0 Å². The highest BCUT2D eigenvalue weighted by Gasteiger charge is 2.12. The third-order valence-corrected chi connectivity index (χ3v) is 4.04. The van der Waals surface area contributed by atoms with E-state index in [-0.39, 0.29) is 0 Å². The maximum atomic E-state index is 6.38. The van der Waals surface area contributed by atoms with Gasteiger partial charge in [0.15, 0.2) is 11.5 Å². The fourth-order valence-corrected chi connectivity index (χ4v) is 2.95. The largest absolute Gasteiger partial charge is 0.493 e. The average molecular weight is 316 g/mol. The van der Waals surface area contributed by atoms with Crippen LogP contribution in [-0.4, -0.2) is 11.7 Å². The van der Waals surface area contributed by atoms with Crippen LogP contribution in [0.15, 0.2) is 48.7 Å². The van der Waals surface area contributed by atoms with Crippen LogP contribution in [-0.2, 0) is 13.2 Å². The molecule has 0 saturated heterocycles. The highest BCUT2D eigenvalue weighted by Crippen LogP contribution is 2.31. The molecule has 114 valence electrons. The van der Waals surface area contributed by atoms with Gasteiger partial charge in [-0.1, -0.05) is 29.8 Å². The van der Waals surface area contributed by atoms with Gasteiger partial charge in [0.05, 0.1) is 12.1 Å². The second kappa shape index (κ2) is 6.32. The number of methoxy groups -OCH3 is 1. The summed E-state index contributed by atoms with van der Waals surface area (Å²) >= 11 is 6.38. The van der Waals surface area contributed by atoms with E-state index in [1.165, 1.54) is 0 Å². The van der Waals surface area contributed by atoms with Crippen molar-refractivity contribution in [2.45, 2.75) is 20.1 Å². The van der Waals surface area contributed by atoms with Crippen LogP contribution >= 0.6 is 11.6 Å². The molecule has 0 amide bonds. The van der Waals surface area contributed by atoms with Gasteiger partial charge >= 0.3 is 0 Å². The molecule has 4 heteroatoms. The molecule has 0 bridgehead atoms. The summed E-state index contributed by atoms with van der Waals surface area (Å²) in [6.45, 7) is 3.46. The average Bonchev–Trinajstić information content (AvgIpc) is 2.92. The minimum Gasteiger partial charge on any atom is -0.493 e. The lowest BCUT2D eigenvalue weighted by atomic mass is 10.2. The van der Waals surface area contributed by atoms with Crippen molar-refractivity contribution in [3.63, 3.8) is 0 Å². The Labute approximate surface area is 135 Å². The maximum Gasteiger partial charge on any atom is 0.161 e. The van der Waals surface area contributed by atoms with Gasteiger partial charge in [-0.3, -0.25) is 0 Å². The molecule has 0 spiro atoms. The molecular weight excluding hydrogens is 298 g/mol. The first-order chi connectivity index (χ1) is 10.7. The van der Waals surface area contributed by atoms with Crippen molar-refractivity contribution in [1.82, 2.24) is 4.57 Å². The molecule has 0 fully saturated rings. The standard InChI is InChI=1S/C18H18ClNO2/c1-3-20-11-13(18-14(19)7-6-8-15(18)20)12-22-17-10-5-4-9-16(17)21-2/h4-11H,3,12H2,1-2H3. The van der Waals surface area contributed by atoms with Gasteiger partial charge in [0.2, 0.25) is 0 Å². The normalized spacial score (nSPS) is 10.9. The van der Waals surface area contributed by atoms with Crippen molar-refractivity contribution in [3.8, 4) is 11.5 Å². The Morgan fingerprint density at radius 3 is 2.55 bits per heavy atom. The van der Waals surface area contributed by atoms with E-state index in [9.17, 15) is 0 Å². The molecule has 1 heterocycles. The first-order valence-electron chi connectivity index (χ1n) is 7.26. The van der Waals surface area contributed by atoms with Crippen molar-refractivity contribution in [3.05, 3.63) is 59.2 Å². The number of benzene rings is 2. The van der Waals surface area contributed by atoms with Crippen LogP contribution in [0, 0.1) is 0 Å². The lowest BCUT2D eigenvalue weighted by molar-refractivity contribution is 0.285. The molecule has 2 aromatic carbocycles. The summed E-state index contributed by atoms with van der Waals surface area (Å²) in [6, 6.07) is 13.6. The molecule has 0 N–H and O–H groups in total.